The number of hydrogen-bond acceptors (Lipinski definition) is 6. The highest BCUT2D eigenvalue weighted by molar-refractivity contribution is 7.14. The SMILES string of the molecule is CCCc1nnsc1C(=O)Nc1nc(-c2ccc(C)cc2)cs1. The van der Waals surface area contributed by atoms with Gasteiger partial charge >= 0.3 is 0 Å². The van der Waals surface area contributed by atoms with Crippen LogP contribution in [0, 0.1) is 6.92 Å². The lowest BCUT2D eigenvalue weighted by Crippen LogP contribution is -2.12. The predicted octanol–water partition coefficient (Wildman–Crippen LogP) is 4.17. The molecule has 1 N–H and O–H groups in total. The summed E-state index contributed by atoms with van der Waals surface area (Å²) in [6.45, 7) is 4.10. The third kappa shape index (κ3) is 3.62. The lowest BCUT2D eigenvalue weighted by Gasteiger charge is -2.00. The molecule has 0 aliphatic heterocycles. The molecule has 0 aliphatic carbocycles. The number of nitrogens with one attached hydrogen (secondary N) is 1. The highest BCUT2D eigenvalue weighted by Gasteiger charge is 2.17. The molecule has 0 fully saturated rings. The quantitative estimate of drug-likeness (QED) is 0.754. The summed E-state index contributed by atoms with van der Waals surface area (Å²) in [4.78, 5) is 17.4. The molecule has 0 spiro atoms. The first kappa shape index (κ1) is 15.8. The first-order valence-corrected chi connectivity index (χ1v) is 8.98. The number of benzene rings is 1. The minimum Gasteiger partial charge on any atom is -0.297 e. The highest BCUT2D eigenvalue weighted by atomic mass is 32.1. The minimum absolute atomic E-state index is 0.187. The smallest absolute Gasteiger partial charge is 0.271 e. The molecule has 3 aromatic rings. The molecule has 118 valence electrons. The van der Waals surface area contributed by atoms with E-state index in [4.69, 9.17) is 0 Å². The van der Waals surface area contributed by atoms with E-state index in [9.17, 15) is 4.79 Å². The zero-order valence-corrected chi connectivity index (χ0v) is 14.5. The Balaban J connectivity index is 1.75. The summed E-state index contributed by atoms with van der Waals surface area (Å²) in [6.07, 6.45) is 1.69. The van der Waals surface area contributed by atoms with Gasteiger partial charge in [0.05, 0.1) is 11.4 Å². The fourth-order valence-corrected chi connectivity index (χ4v) is 3.44. The van der Waals surface area contributed by atoms with Gasteiger partial charge in [-0.15, -0.1) is 16.4 Å². The number of aromatic nitrogens is 3. The molecule has 3 rings (SSSR count). The summed E-state index contributed by atoms with van der Waals surface area (Å²) in [7, 11) is 0. The van der Waals surface area contributed by atoms with Gasteiger partial charge in [-0.25, -0.2) is 4.98 Å². The molecule has 0 aliphatic rings. The van der Waals surface area contributed by atoms with Gasteiger partial charge in [0, 0.05) is 10.9 Å². The zero-order valence-electron chi connectivity index (χ0n) is 12.9. The minimum atomic E-state index is -0.187. The Labute approximate surface area is 142 Å². The van der Waals surface area contributed by atoms with Crippen LogP contribution >= 0.6 is 22.9 Å². The van der Waals surface area contributed by atoms with E-state index < -0.39 is 0 Å². The summed E-state index contributed by atoms with van der Waals surface area (Å²) in [5, 5.41) is 9.39. The van der Waals surface area contributed by atoms with Crippen molar-refractivity contribution in [2.45, 2.75) is 26.7 Å². The van der Waals surface area contributed by atoms with Gasteiger partial charge in [-0.05, 0) is 24.9 Å². The molecule has 0 radical (unpaired) electrons. The third-order valence-electron chi connectivity index (χ3n) is 3.32. The van der Waals surface area contributed by atoms with E-state index in [0.717, 1.165) is 41.3 Å². The van der Waals surface area contributed by atoms with E-state index in [1.807, 2.05) is 36.6 Å². The Morgan fingerprint density at radius 1 is 1.26 bits per heavy atom. The average molecular weight is 344 g/mol. The van der Waals surface area contributed by atoms with Crippen molar-refractivity contribution in [1.29, 1.82) is 0 Å². The monoisotopic (exact) mass is 344 g/mol. The van der Waals surface area contributed by atoms with E-state index in [2.05, 4.69) is 26.8 Å². The van der Waals surface area contributed by atoms with Crippen LogP contribution in [-0.4, -0.2) is 20.5 Å². The molecule has 1 aromatic carbocycles. The van der Waals surface area contributed by atoms with Crippen molar-refractivity contribution >= 4 is 33.9 Å². The number of anilines is 1. The van der Waals surface area contributed by atoms with Gasteiger partial charge in [0.2, 0.25) is 0 Å². The van der Waals surface area contributed by atoms with E-state index in [-0.39, 0.29) is 5.91 Å². The number of thiazole rings is 1. The molecule has 23 heavy (non-hydrogen) atoms. The Morgan fingerprint density at radius 2 is 2.04 bits per heavy atom. The number of aryl methyl sites for hydroxylation is 2. The molecular weight excluding hydrogens is 328 g/mol. The predicted molar refractivity (Wildman–Crippen MR) is 94.1 cm³/mol. The maximum atomic E-state index is 12.3. The van der Waals surface area contributed by atoms with Gasteiger partial charge in [-0.3, -0.25) is 10.1 Å². The second-order valence-electron chi connectivity index (χ2n) is 5.16. The lowest BCUT2D eigenvalue weighted by atomic mass is 10.1. The molecule has 0 saturated heterocycles. The van der Waals surface area contributed by atoms with Gasteiger partial charge in [-0.2, -0.15) is 0 Å². The van der Waals surface area contributed by atoms with Crippen molar-refractivity contribution in [1.82, 2.24) is 14.6 Å². The maximum absolute atomic E-state index is 12.3. The van der Waals surface area contributed by atoms with Crippen molar-refractivity contribution < 1.29 is 4.79 Å². The van der Waals surface area contributed by atoms with E-state index in [0.29, 0.717) is 10.0 Å². The van der Waals surface area contributed by atoms with Gasteiger partial charge < -0.3 is 0 Å². The van der Waals surface area contributed by atoms with E-state index in [1.165, 1.54) is 16.9 Å². The van der Waals surface area contributed by atoms with Crippen LogP contribution in [0.2, 0.25) is 0 Å². The van der Waals surface area contributed by atoms with Crippen LogP contribution in [0.1, 0.15) is 34.3 Å². The van der Waals surface area contributed by atoms with Crippen molar-refractivity contribution in [2.75, 3.05) is 5.32 Å². The first-order chi connectivity index (χ1) is 11.2. The Morgan fingerprint density at radius 3 is 2.78 bits per heavy atom. The van der Waals surface area contributed by atoms with Crippen molar-refractivity contribution in [3.63, 3.8) is 0 Å². The molecule has 0 bridgehead atoms. The summed E-state index contributed by atoms with van der Waals surface area (Å²) >= 11 is 2.54. The van der Waals surface area contributed by atoms with Crippen molar-refractivity contribution in [3.8, 4) is 11.3 Å². The number of hydrogen-bond donors (Lipinski definition) is 1. The molecule has 0 unspecified atom stereocenters. The number of carbonyl (C=O) groups excluding carboxylic acids is 1. The zero-order chi connectivity index (χ0) is 16.2. The van der Waals surface area contributed by atoms with Crippen LogP contribution < -0.4 is 5.32 Å². The second kappa shape index (κ2) is 6.97. The molecule has 0 saturated carbocycles. The third-order valence-corrected chi connectivity index (χ3v) is 4.85. The van der Waals surface area contributed by atoms with Crippen LogP contribution in [0.4, 0.5) is 5.13 Å². The standard InChI is InChI=1S/C16H16N4OS2/c1-3-4-12-14(23-20-19-12)15(21)18-16-17-13(9-22-16)11-7-5-10(2)6-8-11/h5-9H,3-4H2,1-2H3,(H,17,18,21). The fraction of sp³-hybridized carbons (Fsp3) is 0.250. The van der Waals surface area contributed by atoms with Crippen LogP contribution in [0.15, 0.2) is 29.6 Å². The number of carbonyl (C=O) groups is 1. The average Bonchev–Trinajstić information content (AvgIpc) is 3.18. The Bertz CT molecular complexity index is 808. The molecule has 2 heterocycles. The van der Waals surface area contributed by atoms with Gasteiger partial charge in [0.1, 0.15) is 4.88 Å². The Kier molecular flexibility index (Phi) is 4.78. The lowest BCUT2D eigenvalue weighted by molar-refractivity contribution is 0.102. The summed E-state index contributed by atoms with van der Waals surface area (Å²) in [5.41, 5.74) is 3.86. The van der Waals surface area contributed by atoms with E-state index in [1.54, 1.807) is 0 Å². The van der Waals surface area contributed by atoms with Crippen molar-refractivity contribution in [3.05, 3.63) is 45.8 Å². The molecule has 2 aromatic heterocycles. The number of amides is 1. The molecule has 7 heteroatoms. The molecule has 1 amide bonds. The summed E-state index contributed by atoms with van der Waals surface area (Å²) in [6, 6.07) is 8.16. The summed E-state index contributed by atoms with van der Waals surface area (Å²) < 4.78 is 3.88. The number of rotatable bonds is 5. The molecular formula is C16H16N4OS2. The second-order valence-corrected chi connectivity index (χ2v) is 6.77. The largest absolute Gasteiger partial charge is 0.297 e. The molecule has 5 nitrogen and oxygen atoms in total. The van der Waals surface area contributed by atoms with Crippen LogP contribution in [0.3, 0.4) is 0 Å². The van der Waals surface area contributed by atoms with Crippen LogP contribution in [-0.2, 0) is 6.42 Å². The van der Waals surface area contributed by atoms with Gasteiger partial charge in [0.15, 0.2) is 5.13 Å². The highest BCUT2D eigenvalue weighted by Crippen LogP contribution is 2.26. The van der Waals surface area contributed by atoms with E-state index >= 15 is 0 Å². The normalized spacial score (nSPS) is 10.7. The number of nitrogens with zero attached hydrogens (tertiary/aromatic N) is 3. The first-order valence-electron chi connectivity index (χ1n) is 7.32. The van der Waals surface area contributed by atoms with Crippen LogP contribution in [0.25, 0.3) is 11.3 Å². The topological polar surface area (TPSA) is 67.8 Å². The Hall–Kier alpha value is -2.12. The van der Waals surface area contributed by atoms with Gasteiger partial charge in [0.25, 0.3) is 5.91 Å². The van der Waals surface area contributed by atoms with Crippen LogP contribution in [0.5, 0.6) is 0 Å². The van der Waals surface area contributed by atoms with Gasteiger partial charge in [-0.1, -0.05) is 47.7 Å². The summed E-state index contributed by atoms with van der Waals surface area (Å²) in [5.74, 6) is -0.187. The van der Waals surface area contributed by atoms with Crippen molar-refractivity contribution in [2.24, 2.45) is 0 Å². The maximum Gasteiger partial charge on any atom is 0.271 e. The molecule has 0 atom stereocenters. The fourth-order valence-electron chi connectivity index (χ4n) is 2.12.